The normalized spacial score (nSPS) is 15.3. The zero-order chi connectivity index (χ0) is 12.9. The Hall–Kier alpha value is 0.130. The molecule has 0 aliphatic heterocycles. The zero-order valence-electron chi connectivity index (χ0n) is 9.75. The maximum absolute atomic E-state index is 3.59. The molecule has 0 radical (unpaired) electrons. The van der Waals surface area contributed by atoms with E-state index in [1.165, 1.54) is 22.3 Å². The van der Waals surface area contributed by atoms with Crippen molar-refractivity contribution in [1.29, 1.82) is 0 Å². The number of rotatable bonds is 1. The van der Waals surface area contributed by atoms with Gasteiger partial charge in [-0.15, -0.1) is 0 Å². The first kappa shape index (κ1) is 13.1. The predicted octanol–water partition coefficient (Wildman–Crippen LogP) is 6.15. The smallest absolute Gasteiger partial charge is 0.0218 e. The van der Waals surface area contributed by atoms with E-state index in [1.54, 1.807) is 0 Å². The lowest BCUT2D eigenvalue weighted by Gasteiger charge is -2.16. The van der Waals surface area contributed by atoms with Crippen LogP contribution in [0.25, 0.3) is 11.1 Å². The Morgan fingerprint density at radius 1 is 0.944 bits per heavy atom. The molecular formula is C15H11Br2I. The van der Waals surface area contributed by atoms with E-state index >= 15 is 0 Å². The molecule has 0 aromatic heterocycles. The minimum absolute atomic E-state index is 0.491. The molecule has 92 valence electrons. The maximum Gasteiger partial charge on any atom is 0.0218 e. The topological polar surface area (TPSA) is 0 Å². The monoisotopic (exact) mass is 476 g/mol. The van der Waals surface area contributed by atoms with Crippen LogP contribution in [0, 0.1) is 0 Å². The van der Waals surface area contributed by atoms with E-state index in [0.29, 0.717) is 9.84 Å². The first-order valence-electron chi connectivity index (χ1n) is 5.81. The van der Waals surface area contributed by atoms with Crippen molar-refractivity contribution in [2.45, 2.75) is 16.8 Å². The van der Waals surface area contributed by atoms with E-state index in [1.807, 2.05) is 0 Å². The molecule has 0 heterocycles. The zero-order valence-corrected chi connectivity index (χ0v) is 15.1. The first-order chi connectivity index (χ1) is 8.58. The second kappa shape index (κ2) is 4.91. The van der Waals surface area contributed by atoms with Gasteiger partial charge in [0.25, 0.3) is 0 Å². The van der Waals surface area contributed by atoms with Crippen molar-refractivity contribution >= 4 is 54.5 Å². The lowest BCUT2D eigenvalue weighted by atomic mass is 9.94. The van der Waals surface area contributed by atoms with Gasteiger partial charge in [0, 0.05) is 18.8 Å². The van der Waals surface area contributed by atoms with Crippen molar-refractivity contribution in [2.75, 3.05) is 0 Å². The van der Waals surface area contributed by atoms with Gasteiger partial charge in [0.05, 0.1) is 0 Å². The van der Waals surface area contributed by atoms with E-state index in [0.717, 1.165) is 8.95 Å². The Morgan fingerprint density at radius 3 is 1.78 bits per heavy atom. The fourth-order valence-corrected chi connectivity index (χ4v) is 4.27. The summed E-state index contributed by atoms with van der Waals surface area (Å²) in [4.78, 5) is 0. The third-order valence-electron chi connectivity index (χ3n) is 3.45. The molecule has 1 atom stereocenters. The van der Waals surface area contributed by atoms with Crippen LogP contribution in [-0.4, -0.2) is 3.92 Å². The van der Waals surface area contributed by atoms with Crippen LogP contribution in [0.4, 0.5) is 0 Å². The summed E-state index contributed by atoms with van der Waals surface area (Å²) in [6, 6.07) is 13.2. The summed E-state index contributed by atoms with van der Waals surface area (Å²) < 4.78 is 2.90. The number of hydrogen-bond acceptors (Lipinski definition) is 0. The van der Waals surface area contributed by atoms with Crippen LogP contribution in [-0.2, 0) is 0 Å². The average Bonchev–Trinajstić information content (AvgIpc) is 2.60. The molecule has 0 nitrogen and oxygen atoms in total. The minimum atomic E-state index is 0.491. The van der Waals surface area contributed by atoms with E-state index in [2.05, 4.69) is 97.8 Å². The van der Waals surface area contributed by atoms with Crippen molar-refractivity contribution in [3.8, 4) is 11.1 Å². The van der Waals surface area contributed by atoms with E-state index in [4.69, 9.17) is 0 Å². The van der Waals surface area contributed by atoms with Gasteiger partial charge in [0.2, 0.25) is 0 Å². The number of halogens is 3. The number of hydrogen-bond donors (Lipinski definition) is 0. The number of benzene rings is 2. The predicted molar refractivity (Wildman–Crippen MR) is 92.6 cm³/mol. The summed E-state index contributed by atoms with van der Waals surface area (Å²) in [6.07, 6.45) is 0. The van der Waals surface area contributed by atoms with Gasteiger partial charge in [-0.05, 0) is 46.5 Å². The number of alkyl halides is 1. The van der Waals surface area contributed by atoms with Crippen molar-refractivity contribution in [3.63, 3.8) is 0 Å². The van der Waals surface area contributed by atoms with Crippen molar-refractivity contribution in [2.24, 2.45) is 0 Å². The van der Waals surface area contributed by atoms with Crippen LogP contribution in [0.5, 0.6) is 0 Å². The van der Waals surface area contributed by atoms with Gasteiger partial charge in [-0.3, -0.25) is 0 Å². The molecule has 0 spiro atoms. The summed E-state index contributed by atoms with van der Waals surface area (Å²) in [5.74, 6) is 0.491. The third kappa shape index (κ3) is 2.08. The summed E-state index contributed by atoms with van der Waals surface area (Å²) >= 11 is 9.71. The highest BCUT2D eigenvalue weighted by atomic mass is 127. The first-order valence-corrected chi connectivity index (χ1v) is 8.64. The second-order valence-corrected chi connectivity index (χ2v) is 8.41. The van der Waals surface area contributed by atoms with Crippen LogP contribution in [0.2, 0.25) is 0 Å². The van der Waals surface area contributed by atoms with Crippen LogP contribution in [0.3, 0.4) is 0 Å². The minimum Gasteiger partial charge on any atom is -0.0819 e. The molecule has 2 aromatic rings. The van der Waals surface area contributed by atoms with Crippen molar-refractivity contribution < 1.29 is 0 Å². The Kier molecular flexibility index (Phi) is 3.58. The molecule has 0 N–H and O–H groups in total. The van der Waals surface area contributed by atoms with Gasteiger partial charge in [-0.25, -0.2) is 0 Å². The molecule has 0 bridgehead atoms. The molecule has 0 fully saturated rings. The van der Waals surface area contributed by atoms with E-state index in [9.17, 15) is 0 Å². The average molecular weight is 478 g/mol. The molecule has 18 heavy (non-hydrogen) atoms. The third-order valence-corrected chi connectivity index (χ3v) is 5.15. The van der Waals surface area contributed by atoms with Crippen LogP contribution in [0.1, 0.15) is 24.0 Å². The molecule has 3 rings (SSSR count). The summed E-state index contributed by atoms with van der Waals surface area (Å²) in [7, 11) is 0. The molecule has 2 aromatic carbocycles. The molecule has 1 aliphatic rings. The fraction of sp³-hybridized carbons (Fsp3) is 0.200. The van der Waals surface area contributed by atoms with Crippen LogP contribution >= 0.6 is 54.5 Å². The summed E-state index contributed by atoms with van der Waals surface area (Å²) in [5, 5.41) is 0. The quantitative estimate of drug-likeness (QED) is 0.341. The highest BCUT2D eigenvalue weighted by Crippen LogP contribution is 2.49. The molecule has 0 saturated heterocycles. The van der Waals surface area contributed by atoms with E-state index in [-0.39, 0.29) is 0 Å². The van der Waals surface area contributed by atoms with Gasteiger partial charge < -0.3 is 0 Å². The van der Waals surface area contributed by atoms with Crippen molar-refractivity contribution in [3.05, 3.63) is 56.5 Å². The Labute approximate surface area is 138 Å². The largest absolute Gasteiger partial charge is 0.0819 e. The SMILES string of the molecule is C[C@@H](I)C1c2cc(Br)ccc2-c2ccc(Br)cc21. The van der Waals surface area contributed by atoms with Crippen LogP contribution in [0.15, 0.2) is 45.3 Å². The van der Waals surface area contributed by atoms with Gasteiger partial charge in [-0.1, -0.05) is 73.5 Å². The Morgan fingerprint density at radius 2 is 1.39 bits per heavy atom. The Bertz CT molecular complexity index is 568. The van der Waals surface area contributed by atoms with E-state index < -0.39 is 0 Å². The molecule has 3 heteroatoms. The fourth-order valence-electron chi connectivity index (χ4n) is 2.73. The maximum atomic E-state index is 3.59. The highest BCUT2D eigenvalue weighted by Gasteiger charge is 2.31. The Balaban J connectivity index is 2.29. The molecule has 0 amide bonds. The molecular weight excluding hydrogens is 467 g/mol. The highest BCUT2D eigenvalue weighted by molar-refractivity contribution is 14.1. The lowest BCUT2D eigenvalue weighted by molar-refractivity contribution is 0.841. The van der Waals surface area contributed by atoms with Gasteiger partial charge in [0.1, 0.15) is 0 Å². The summed E-state index contributed by atoms with van der Waals surface area (Å²) in [6.45, 7) is 2.28. The lowest BCUT2D eigenvalue weighted by Crippen LogP contribution is -2.07. The van der Waals surface area contributed by atoms with Crippen LogP contribution < -0.4 is 0 Å². The molecule has 1 aliphatic carbocycles. The molecule has 0 unspecified atom stereocenters. The standard InChI is InChI=1S/C15H11Br2I/c1-8(18)15-13-6-9(16)2-4-11(13)12-5-3-10(17)7-14(12)15/h2-8,15H,1H3/t8-/m1/s1. The van der Waals surface area contributed by atoms with Crippen molar-refractivity contribution in [1.82, 2.24) is 0 Å². The van der Waals surface area contributed by atoms with Gasteiger partial charge in [-0.2, -0.15) is 0 Å². The van der Waals surface area contributed by atoms with Gasteiger partial charge in [0.15, 0.2) is 0 Å². The number of fused-ring (bicyclic) bond motifs is 3. The van der Waals surface area contributed by atoms with Gasteiger partial charge >= 0.3 is 0 Å². The molecule has 0 saturated carbocycles. The second-order valence-electron chi connectivity index (χ2n) is 4.62. The summed E-state index contributed by atoms with van der Waals surface area (Å²) in [5.41, 5.74) is 5.65.